The maximum atomic E-state index is 11.7. The fourth-order valence-corrected chi connectivity index (χ4v) is 2.20. The molecule has 5 heteroatoms. The van der Waals surface area contributed by atoms with Gasteiger partial charge >= 0.3 is 0 Å². The summed E-state index contributed by atoms with van der Waals surface area (Å²) in [5.41, 5.74) is 6.72. The Morgan fingerprint density at radius 2 is 2.38 bits per heavy atom. The number of thiazole rings is 1. The van der Waals surface area contributed by atoms with Gasteiger partial charge < -0.3 is 11.1 Å². The standard InChI is InChI=1S/C11H19N3OS/c1-4-5-9(12)10(15)14-8(3)11-13-7(2)6-16-11/h6,8-9H,4-5,12H2,1-3H3,(H,14,15)/t8?,9-/m0/s1. The Morgan fingerprint density at radius 1 is 1.69 bits per heavy atom. The lowest BCUT2D eigenvalue weighted by Gasteiger charge is -2.15. The third-order valence-corrected chi connectivity index (χ3v) is 3.45. The molecule has 0 fully saturated rings. The maximum Gasteiger partial charge on any atom is 0.237 e. The molecule has 3 N–H and O–H groups in total. The summed E-state index contributed by atoms with van der Waals surface area (Å²) in [7, 11) is 0. The van der Waals surface area contributed by atoms with E-state index in [0.29, 0.717) is 0 Å². The lowest BCUT2D eigenvalue weighted by atomic mass is 10.1. The van der Waals surface area contributed by atoms with Gasteiger partial charge in [-0.3, -0.25) is 4.79 Å². The van der Waals surface area contributed by atoms with Crippen molar-refractivity contribution in [2.45, 2.75) is 45.7 Å². The molecule has 0 aromatic carbocycles. The minimum Gasteiger partial charge on any atom is -0.346 e. The molecular weight excluding hydrogens is 222 g/mol. The molecule has 16 heavy (non-hydrogen) atoms. The number of rotatable bonds is 5. The van der Waals surface area contributed by atoms with Gasteiger partial charge in [0.2, 0.25) is 5.91 Å². The molecule has 0 bridgehead atoms. The van der Waals surface area contributed by atoms with Gasteiger partial charge in [-0.05, 0) is 20.3 Å². The lowest BCUT2D eigenvalue weighted by Crippen LogP contribution is -2.41. The zero-order valence-corrected chi connectivity index (χ0v) is 10.8. The normalized spacial score (nSPS) is 14.5. The van der Waals surface area contributed by atoms with Crippen LogP contribution in [-0.4, -0.2) is 16.9 Å². The second-order valence-corrected chi connectivity index (χ2v) is 4.84. The molecular formula is C11H19N3OS. The van der Waals surface area contributed by atoms with E-state index in [1.165, 1.54) is 0 Å². The second-order valence-electron chi connectivity index (χ2n) is 3.95. The molecule has 1 aromatic rings. The second kappa shape index (κ2) is 5.96. The molecule has 0 aliphatic carbocycles. The number of nitrogens with one attached hydrogen (secondary N) is 1. The van der Waals surface area contributed by atoms with E-state index in [4.69, 9.17) is 5.73 Å². The maximum absolute atomic E-state index is 11.7. The first-order valence-corrected chi connectivity index (χ1v) is 6.40. The molecule has 1 heterocycles. The smallest absolute Gasteiger partial charge is 0.237 e. The quantitative estimate of drug-likeness (QED) is 0.825. The Hall–Kier alpha value is -0.940. The molecule has 0 aliphatic rings. The van der Waals surface area contributed by atoms with Crippen LogP contribution in [0.4, 0.5) is 0 Å². The Kier molecular flexibility index (Phi) is 4.89. The summed E-state index contributed by atoms with van der Waals surface area (Å²) in [5.74, 6) is -0.0952. The van der Waals surface area contributed by atoms with Crippen molar-refractivity contribution >= 4 is 17.2 Å². The fraction of sp³-hybridized carbons (Fsp3) is 0.636. The molecule has 0 spiro atoms. The molecule has 2 atom stereocenters. The highest BCUT2D eigenvalue weighted by Gasteiger charge is 2.17. The molecule has 0 aliphatic heterocycles. The third-order valence-electron chi connectivity index (χ3n) is 2.30. The number of carbonyl (C=O) groups excluding carboxylic acids is 1. The summed E-state index contributed by atoms with van der Waals surface area (Å²) < 4.78 is 0. The Balaban J connectivity index is 2.51. The molecule has 1 rings (SSSR count). The average molecular weight is 241 g/mol. The van der Waals surface area contributed by atoms with Gasteiger partial charge in [0.15, 0.2) is 0 Å². The SMILES string of the molecule is CCC[C@H](N)C(=O)NC(C)c1nc(C)cs1. The first-order valence-electron chi connectivity index (χ1n) is 5.52. The molecule has 0 radical (unpaired) electrons. The van der Waals surface area contributed by atoms with Crippen LogP contribution in [0, 0.1) is 6.92 Å². The van der Waals surface area contributed by atoms with E-state index in [2.05, 4.69) is 10.3 Å². The first kappa shape index (κ1) is 13.1. The average Bonchev–Trinajstić information content (AvgIpc) is 2.65. The van der Waals surface area contributed by atoms with Gasteiger partial charge in [-0.2, -0.15) is 0 Å². The lowest BCUT2D eigenvalue weighted by molar-refractivity contribution is -0.123. The minimum atomic E-state index is -0.409. The van der Waals surface area contributed by atoms with Crippen LogP contribution in [-0.2, 0) is 4.79 Å². The van der Waals surface area contributed by atoms with Gasteiger partial charge in [0.25, 0.3) is 0 Å². The van der Waals surface area contributed by atoms with E-state index in [9.17, 15) is 4.79 Å². The van der Waals surface area contributed by atoms with Crippen LogP contribution in [0.2, 0.25) is 0 Å². The molecule has 0 saturated carbocycles. The highest BCUT2D eigenvalue weighted by atomic mass is 32.1. The van der Waals surface area contributed by atoms with Crippen molar-refractivity contribution in [2.24, 2.45) is 5.73 Å². The van der Waals surface area contributed by atoms with Crippen LogP contribution in [0.5, 0.6) is 0 Å². The zero-order chi connectivity index (χ0) is 12.1. The van der Waals surface area contributed by atoms with Crippen LogP contribution < -0.4 is 11.1 Å². The minimum absolute atomic E-state index is 0.0610. The zero-order valence-electron chi connectivity index (χ0n) is 9.99. The highest BCUT2D eigenvalue weighted by molar-refractivity contribution is 7.09. The molecule has 4 nitrogen and oxygen atoms in total. The summed E-state index contributed by atoms with van der Waals surface area (Å²) in [4.78, 5) is 16.0. The van der Waals surface area contributed by atoms with Gasteiger partial charge in [-0.15, -0.1) is 11.3 Å². The Bertz CT molecular complexity index is 351. The number of aryl methyl sites for hydroxylation is 1. The Labute approximate surface area is 100 Å². The predicted octanol–water partition coefficient (Wildman–Crippen LogP) is 1.76. The van der Waals surface area contributed by atoms with Crippen LogP contribution in [0.3, 0.4) is 0 Å². The molecule has 1 aromatic heterocycles. The van der Waals surface area contributed by atoms with Crippen LogP contribution in [0.1, 0.15) is 43.4 Å². The number of amides is 1. The van der Waals surface area contributed by atoms with Crippen molar-refractivity contribution in [3.8, 4) is 0 Å². The van der Waals surface area contributed by atoms with E-state index in [0.717, 1.165) is 23.5 Å². The van der Waals surface area contributed by atoms with Crippen LogP contribution in [0.25, 0.3) is 0 Å². The summed E-state index contributed by atoms with van der Waals surface area (Å²) in [6, 6.07) is -0.470. The van der Waals surface area contributed by atoms with E-state index < -0.39 is 6.04 Å². The van der Waals surface area contributed by atoms with Crippen molar-refractivity contribution in [1.29, 1.82) is 0 Å². The van der Waals surface area contributed by atoms with Crippen molar-refractivity contribution in [1.82, 2.24) is 10.3 Å². The molecule has 1 unspecified atom stereocenters. The summed E-state index contributed by atoms with van der Waals surface area (Å²) in [6.45, 7) is 5.88. The van der Waals surface area contributed by atoms with Crippen molar-refractivity contribution in [3.05, 3.63) is 16.1 Å². The van der Waals surface area contributed by atoms with E-state index in [-0.39, 0.29) is 11.9 Å². The monoisotopic (exact) mass is 241 g/mol. The summed E-state index contributed by atoms with van der Waals surface area (Å²) in [6.07, 6.45) is 1.63. The van der Waals surface area contributed by atoms with Gasteiger partial charge in [-0.25, -0.2) is 4.98 Å². The van der Waals surface area contributed by atoms with E-state index in [1.807, 2.05) is 26.2 Å². The number of aromatic nitrogens is 1. The van der Waals surface area contributed by atoms with E-state index >= 15 is 0 Å². The summed E-state index contributed by atoms with van der Waals surface area (Å²) >= 11 is 1.56. The van der Waals surface area contributed by atoms with Crippen LogP contribution in [0.15, 0.2) is 5.38 Å². The highest BCUT2D eigenvalue weighted by Crippen LogP contribution is 2.17. The number of nitrogens with zero attached hydrogens (tertiary/aromatic N) is 1. The van der Waals surface area contributed by atoms with Crippen molar-refractivity contribution < 1.29 is 4.79 Å². The van der Waals surface area contributed by atoms with Gasteiger partial charge in [-0.1, -0.05) is 13.3 Å². The topological polar surface area (TPSA) is 68.0 Å². The largest absolute Gasteiger partial charge is 0.346 e. The number of hydrogen-bond donors (Lipinski definition) is 2. The fourth-order valence-electron chi connectivity index (χ4n) is 1.40. The predicted molar refractivity (Wildman–Crippen MR) is 66.3 cm³/mol. The molecule has 1 amide bonds. The molecule has 90 valence electrons. The molecule has 0 saturated heterocycles. The van der Waals surface area contributed by atoms with Crippen molar-refractivity contribution in [2.75, 3.05) is 0 Å². The third kappa shape index (κ3) is 3.57. The number of carbonyl (C=O) groups is 1. The van der Waals surface area contributed by atoms with Gasteiger partial charge in [0.05, 0.1) is 12.1 Å². The Morgan fingerprint density at radius 3 is 2.88 bits per heavy atom. The number of hydrogen-bond acceptors (Lipinski definition) is 4. The van der Waals surface area contributed by atoms with Gasteiger partial charge in [0.1, 0.15) is 5.01 Å². The first-order chi connectivity index (χ1) is 7.54. The van der Waals surface area contributed by atoms with Crippen LogP contribution >= 0.6 is 11.3 Å². The number of nitrogens with two attached hydrogens (primary N) is 1. The van der Waals surface area contributed by atoms with E-state index in [1.54, 1.807) is 11.3 Å². The van der Waals surface area contributed by atoms with Gasteiger partial charge in [0, 0.05) is 11.1 Å². The summed E-state index contributed by atoms with van der Waals surface area (Å²) in [5, 5.41) is 5.78. The van der Waals surface area contributed by atoms with Crippen molar-refractivity contribution in [3.63, 3.8) is 0 Å².